The van der Waals surface area contributed by atoms with Gasteiger partial charge in [-0.05, 0) is 0 Å². The minimum atomic E-state index is -5.02. The van der Waals surface area contributed by atoms with E-state index in [2.05, 4.69) is 9.73 Å². The van der Waals surface area contributed by atoms with Gasteiger partial charge in [0, 0.05) is 18.4 Å². The summed E-state index contributed by atoms with van der Waals surface area (Å²) >= 11 is 0.969. The lowest BCUT2D eigenvalue weighted by atomic mass is 10.4. The zero-order valence-electron chi connectivity index (χ0n) is 8.30. The van der Waals surface area contributed by atoms with Crippen LogP contribution >= 0.6 is 11.8 Å². The fourth-order valence-corrected chi connectivity index (χ4v) is 2.09. The molecule has 0 spiro atoms. The van der Waals surface area contributed by atoms with Crippen molar-refractivity contribution in [1.29, 1.82) is 5.41 Å². The van der Waals surface area contributed by atoms with Crippen molar-refractivity contribution in [3.05, 3.63) is 0 Å². The van der Waals surface area contributed by atoms with E-state index in [1.807, 2.05) is 0 Å². The summed E-state index contributed by atoms with van der Waals surface area (Å²) in [6, 6.07) is 0. The maximum absolute atomic E-state index is 12.0. The number of ether oxygens (including phenoxy) is 1. The number of carbonyl (C=O) groups is 1. The van der Waals surface area contributed by atoms with E-state index < -0.39 is 17.2 Å². The molecule has 1 unspecified atom stereocenters. The van der Waals surface area contributed by atoms with Crippen LogP contribution in [0.3, 0.4) is 0 Å². The van der Waals surface area contributed by atoms with E-state index in [0.717, 1.165) is 18.0 Å². The molecule has 0 aromatic heterocycles. The van der Waals surface area contributed by atoms with Gasteiger partial charge in [0.15, 0.2) is 0 Å². The van der Waals surface area contributed by atoms with Crippen molar-refractivity contribution < 1.29 is 22.7 Å². The number of carbonyl (C=O) groups excluding carboxylic acids is 1. The first-order valence-corrected chi connectivity index (χ1v) is 5.35. The molecule has 1 N–H and O–H groups in total. The van der Waals surface area contributed by atoms with E-state index in [-0.39, 0.29) is 12.2 Å². The molecular formula is C8H9F3N2O2S. The van der Waals surface area contributed by atoms with E-state index in [4.69, 9.17) is 5.41 Å². The topological polar surface area (TPSA) is 62.5 Å². The van der Waals surface area contributed by atoms with E-state index in [1.54, 1.807) is 6.92 Å². The van der Waals surface area contributed by atoms with E-state index >= 15 is 0 Å². The van der Waals surface area contributed by atoms with Crippen LogP contribution < -0.4 is 0 Å². The van der Waals surface area contributed by atoms with Gasteiger partial charge >= 0.3 is 12.1 Å². The molecule has 0 radical (unpaired) electrons. The van der Waals surface area contributed by atoms with Crippen molar-refractivity contribution in [3.63, 3.8) is 0 Å². The smallest absolute Gasteiger partial charge is 0.421 e. The lowest BCUT2D eigenvalue weighted by Crippen LogP contribution is -2.35. The van der Waals surface area contributed by atoms with Crippen LogP contribution in [-0.2, 0) is 9.53 Å². The summed E-state index contributed by atoms with van der Waals surface area (Å²) in [6.07, 6.45) is -3.96. The Kier molecular flexibility index (Phi) is 3.61. The highest BCUT2D eigenvalue weighted by Gasteiger charge is 2.47. The fraction of sp³-hybridized carbons (Fsp3) is 0.625. The van der Waals surface area contributed by atoms with Crippen LogP contribution in [0.4, 0.5) is 13.2 Å². The maximum atomic E-state index is 12.0. The Bertz CT molecular complexity index is 343. The third kappa shape index (κ3) is 2.75. The Labute approximate surface area is 93.8 Å². The molecule has 4 nitrogen and oxygen atoms in total. The third-order valence-electron chi connectivity index (χ3n) is 1.86. The SMILES string of the molecule is CCC1(OC(=O)C(F)(F)F)N=C(C=N)CS1. The molecule has 1 atom stereocenters. The lowest BCUT2D eigenvalue weighted by molar-refractivity contribution is -0.206. The third-order valence-corrected chi connectivity index (χ3v) is 3.21. The molecule has 16 heavy (non-hydrogen) atoms. The number of halogens is 3. The number of hydrogen-bond donors (Lipinski definition) is 1. The number of rotatable bonds is 3. The van der Waals surface area contributed by atoms with Crippen molar-refractivity contribution in [1.82, 2.24) is 0 Å². The highest BCUT2D eigenvalue weighted by molar-refractivity contribution is 8.01. The number of alkyl halides is 3. The van der Waals surface area contributed by atoms with Crippen molar-refractivity contribution in [2.45, 2.75) is 24.6 Å². The van der Waals surface area contributed by atoms with E-state index in [0.29, 0.717) is 5.71 Å². The second-order valence-electron chi connectivity index (χ2n) is 2.99. The number of nitrogens with one attached hydrogen (secondary N) is 1. The van der Waals surface area contributed by atoms with Gasteiger partial charge < -0.3 is 10.1 Å². The number of thioether (sulfide) groups is 1. The highest BCUT2D eigenvalue weighted by atomic mass is 32.2. The Balaban J connectivity index is 2.81. The van der Waals surface area contributed by atoms with E-state index in [1.165, 1.54) is 0 Å². The molecule has 1 aliphatic rings. The van der Waals surface area contributed by atoms with Crippen molar-refractivity contribution in [2.24, 2.45) is 4.99 Å². The van der Waals surface area contributed by atoms with Crippen LogP contribution in [0.25, 0.3) is 0 Å². The quantitative estimate of drug-likeness (QED) is 0.619. The van der Waals surface area contributed by atoms with Gasteiger partial charge in [-0.2, -0.15) is 13.2 Å². The number of hydrogen-bond acceptors (Lipinski definition) is 5. The second-order valence-corrected chi connectivity index (χ2v) is 4.20. The Morgan fingerprint density at radius 1 is 1.75 bits per heavy atom. The molecule has 0 aromatic carbocycles. The molecule has 1 aliphatic heterocycles. The summed E-state index contributed by atoms with van der Waals surface area (Å²) in [5.74, 6) is -1.99. The summed E-state index contributed by atoms with van der Waals surface area (Å²) in [4.78, 5) is 14.5. The van der Waals surface area contributed by atoms with Crippen molar-refractivity contribution in [2.75, 3.05) is 5.75 Å². The largest absolute Gasteiger partial charge is 0.491 e. The minimum Gasteiger partial charge on any atom is -0.421 e. The minimum absolute atomic E-state index is 0.122. The number of aliphatic imine (C=N–C) groups is 1. The Morgan fingerprint density at radius 2 is 2.38 bits per heavy atom. The summed E-state index contributed by atoms with van der Waals surface area (Å²) in [5, 5.41) is 5.40. The maximum Gasteiger partial charge on any atom is 0.491 e. The first-order chi connectivity index (χ1) is 7.33. The molecular weight excluding hydrogens is 245 g/mol. The van der Waals surface area contributed by atoms with Crippen LogP contribution in [0.1, 0.15) is 13.3 Å². The first-order valence-electron chi connectivity index (χ1n) is 4.36. The predicted molar refractivity (Wildman–Crippen MR) is 53.8 cm³/mol. The average Bonchev–Trinajstić information content (AvgIpc) is 2.61. The van der Waals surface area contributed by atoms with Crippen molar-refractivity contribution in [3.8, 4) is 0 Å². The zero-order chi connectivity index (χ0) is 12.4. The van der Waals surface area contributed by atoms with Crippen LogP contribution in [0.15, 0.2) is 4.99 Å². The molecule has 8 heteroatoms. The van der Waals surface area contributed by atoms with Gasteiger partial charge in [-0.3, -0.25) is 0 Å². The molecule has 0 bridgehead atoms. The summed E-state index contributed by atoms with van der Waals surface area (Å²) in [6.45, 7) is 1.56. The molecule has 0 amide bonds. The molecule has 90 valence electrons. The molecule has 0 saturated heterocycles. The highest BCUT2D eigenvalue weighted by Crippen LogP contribution is 2.38. The molecule has 0 aliphatic carbocycles. The zero-order valence-corrected chi connectivity index (χ0v) is 9.11. The molecule has 0 aromatic rings. The number of nitrogens with zero attached hydrogens (tertiary/aromatic N) is 1. The van der Waals surface area contributed by atoms with Gasteiger partial charge in [-0.15, -0.1) is 0 Å². The first kappa shape index (κ1) is 13.0. The van der Waals surface area contributed by atoms with Crippen LogP contribution in [0, 0.1) is 5.41 Å². The van der Waals surface area contributed by atoms with Crippen molar-refractivity contribution >= 4 is 29.7 Å². The standard InChI is InChI=1S/C8H9F3N2O2S/c1-2-7(13-5(3-12)4-16-7)15-6(14)8(9,10)11/h3,12H,2,4H2,1H3. The van der Waals surface area contributed by atoms with Crippen LogP contribution in [0.2, 0.25) is 0 Å². The predicted octanol–water partition coefficient (Wildman–Crippen LogP) is 1.99. The molecule has 1 rings (SSSR count). The number of esters is 1. The van der Waals surface area contributed by atoms with E-state index in [9.17, 15) is 18.0 Å². The second kappa shape index (κ2) is 4.44. The summed E-state index contributed by atoms with van der Waals surface area (Å²) in [5.41, 5.74) is 0.307. The molecule has 1 heterocycles. The van der Waals surface area contributed by atoms with Gasteiger partial charge in [0.1, 0.15) is 0 Å². The Morgan fingerprint density at radius 3 is 2.75 bits per heavy atom. The van der Waals surface area contributed by atoms with Crippen LogP contribution in [0.5, 0.6) is 0 Å². The molecule has 0 saturated carbocycles. The summed E-state index contributed by atoms with van der Waals surface area (Å²) < 4.78 is 40.4. The molecule has 0 fully saturated rings. The average molecular weight is 254 g/mol. The fourth-order valence-electron chi connectivity index (χ4n) is 1.05. The lowest BCUT2D eigenvalue weighted by Gasteiger charge is -2.23. The van der Waals surface area contributed by atoms with Gasteiger partial charge in [0.25, 0.3) is 5.06 Å². The van der Waals surface area contributed by atoms with Crippen LogP contribution in [-0.4, -0.2) is 34.9 Å². The van der Waals surface area contributed by atoms with Gasteiger partial charge in [-0.1, -0.05) is 18.7 Å². The van der Waals surface area contributed by atoms with Gasteiger partial charge in [-0.25, -0.2) is 9.79 Å². The Hall–Kier alpha value is -1.05. The summed E-state index contributed by atoms with van der Waals surface area (Å²) in [7, 11) is 0. The van der Waals surface area contributed by atoms with Gasteiger partial charge in [0.2, 0.25) is 0 Å². The normalized spacial score (nSPS) is 25.1. The van der Waals surface area contributed by atoms with Gasteiger partial charge in [0.05, 0.1) is 5.71 Å². The monoisotopic (exact) mass is 254 g/mol.